The third kappa shape index (κ3) is 2.84. The van der Waals surface area contributed by atoms with Gasteiger partial charge in [0.15, 0.2) is 17.5 Å². The highest BCUT2D eigenvalue weighted by atomic mass is 19.2. The fourth-order valence-corrected chi connectivity index (χ4v) is 1.55. The van der Waals surface area contributed by atoms with E-state index in [-0.39, 0.29) is 0 Å². The van der Waals surface area contributed by atoms with E-state index in [2.05, 4.69) is 5.32 Å². The van der Waals surface area contributed by atoms with Crippen molar-refractivity contribution in [3.63, 3.8) is 0 Å². The number of hydrogen-bond acceptors (Lipinski definition) is 3. The van der Waals surface area contributed by atoms with Crippen LogP contribution in [0.3, 0.4) is 0 Å². The molecule has 0 bridgehead atoms. The molecule has 110 valence electrons. The SMILES string of the molecule is CC(C)(C)Nc1c(F)c(F)c(C(=O)O)c(C(=O)O)c1F. The highest BCUT2D eigenvalue weighted by Crippen LogP contribution is 2.31. The van der Waals surface area contributed by atoms with E-state index in [1.807, 2.05) is 0 Å². The first kappa shape index (κ1) is 15.8. The largest absolute Gasteiger partial charge is 0.478 e. The Morgan fingerprint density at radius 1 is 0.900 bits per heavy atom. The molecule has 0 aliphatic heterocycles. The molecule has 0 spiro atoms. The van der Waals surface area contributed by atoms with Gasteiger partial charge in [0.25, 0.3) is 0 Å². The van der Waals surface area contributed by atoms with Crippen LogP contribution in [0.15, 0.2) is 0 Å². The molecular formula is C12H12F3NO4. The van der Waals surface area contributed by atoms with Crippen LogP contribution in [-0.4, -0.2) is 27.7 Å². The number of carboxylic acids is 2. The Labute approximate surface area is 112 Å². The molecule has 5 nitrogen and oxygen atoms in total. The number of carboxylic acid groups (broad SMARTS) is 2. The summed E-state index contributed by atoms with van der Waals surface area (Å²) < 4.78 is 41.4. The van der Waals surface area contributed by atoms with Crippen molar-refractivity contribution in [1.82, 2.24) is 0 Å². The molecule has 8 heteroatoms. The van der Waals surface area contributed by atoms with Crippen LogP contribution in [0.25, 0.3) is 0 Å². The van der Waals surface area contributed by atoms with E-state index < -0.39 is 51.7 Å². The molecule has 0 unspecified atom stereocenters. The third-order valence-corrected chi connectivity index (χ3v) is 2.25. The van der Waals surface area contributed by atoms with Crippen LogP contribution in [0.5, 0.6) is 0 Å². The zero-order valence-corrected chi connectivity index (χ0v) is 10.8. The lowest BCUT2D eigenvalue weighted by molar-refractivity contribution is 0.0641. The summed E-state index contributed by atoms with van der Waals surface area (Å²) in [6.45, 7) is 4.53. The molecule has 0 heterocycles. The number of halogens is 3. The summed E-state index contributed by atoms with van der Waals surface area (Å²) in [6.07, 6.45) is 0. The Morgan fingerprint density at radius 2 is 1.30 bits per heavy atom. The summed E-state index contributed by atoms with van der Waals surface area (Å²) in [7, 11) is 0. The summed E-state index contributed by atoms with van der Waals surface area (Å²) >= 11 is 0. The zero-order chi connectivity index (χ0) is 15.8. The van der Waals surface area contributed by atoms with Crippen molar-refractivity contribution < 1.29 is 33.0 Å². The molecule has 0 saturated heterocycles. The molecule has 0 amide bonds. The summed E-state index contributed by atoms with van der Waals surface area (Å²) in [5, 5.41) is 19.8. The van der Waals surface area contributed by atoms with E-state index in [1.54, 1.807) is 0 Å². The average molecular weight is 291 g/mol. The van der Waals surface area contributed by atoms with Crippen molar-refractivity contribution in [3.05, 3.63) is 28.6 Å². The number of carbonyl (C=O) groups is 2. The van der Waals surface area contributed by atoms with Crippen LogP contribution in [0.4, 0.5) is 18.9 Å². The number of anilines is 1. The van der Waals surface area contributed by atoms with E-state index >= 15 is 0 Å². The minimum atomic E-state index is -2.07. The van der Waals surface area contributed by atoms with Gasteiger partial charge in [-0.25, -0.2) is 22.8 Å². The maximum Gasteiger partial charge on any atom is 0.339 e. The molecule has 20 heavy (non-hydrogen) atoms. The first-order valence-corrected chi connectivity index (χ1v) is 5.42. The van der Waals surface area contributed by atoms with Crippen molar-refractivity contribution >= 4 is 17.6 Å². The fraction of sp³-hybridized carbons (Fsp3) is 0.333. The van der Waals surface area contributed by atoms with Crippen molar-refractivity contribution in [2.24, 2.45) is 0 Å². The van der Waals surface area contributed by atoms with Crippen LogP contribution >= 0.6 is 0 Å². The molecule has 0 aliphatic carbocycles. The second-order valence-electron chi connectivity index (χ2n) is 5.05. The lowest BCUT2D eigenvalue weighted by atomic mass is 10.0. The second-order valence-corrected chi connectivity index (χ2v) is 5.05. The standard InChI is InChI=1S/C12H12F3NO4/c1-12(2,3)16-9-7(14)5(11(19)20)4(10(17)18)6(13)8(9)15/h16H,1-3H3,(H,17,18)(H,19,20). The topological polar surface area (TPSA) is 86.6 Å². The quantitative estimate of drug-likeness (QED) is 0.745. The smallest absolute Gasteiger partial charge is 0.339 e. The molecular weight excluding hydrogens is 279 g/mol. The molecule has 0 aromatic heterocycles. The average Bonchev–Trinajstić information content (AvgIpc) is 2.26. The maximum absolute atomic E-state index is 14.0. The van der Waals surface area contributed by atoms with Gasteiger partial charge < -0.3 is 15.5 Å². The molecule has 0 fully saturated rings. The minimum Gasteiger partial charge on any atom is -0.478 e. The van der Waals surface area contributed by atoms with Gasteiger partial charge in [0, 0.05) is 5.54 Å². The van der Waals surface area contributed by atoms with E-state index in [1.165, 1.54) is 20.8 Å². The highest BCUT2D eigenvalue weighted by Gasteiger charge is 2.33. The molecule has 1 rings (SSSR count). The third-order valence-electron chi connectivity index (χ3n) is 2.25. The van der Waals surface area contributed by atoms with Gasteiger partial charge in [0.2, 0.25) is 0 Å². The van der Waals surface area contributed by atoms with Crippen molar-refractivity contribution in [3.8, 4) is 0 Å². The number of nitrogens with one attached hydrogen (secondary N) is 1. The van der Waals surface area contributed by atoms with Crippen LogP contribution in [-0.2, 0) is 0 Å². The van der Waals surface area contributed by atoms with Gasteiger partial charge in [0.05, 0.1) is 0 Å². The minimum absolute atomic E-state index is 0.894. The Kier molecular flexibility index (Phi) is 3.97. The van der Waals surface area contributed by atoms with E-state index in [0.29, 0.717) is 0 Å². The van der Waals surface area contributed by atoms with Gasteiger partial charge in [-0.1, -0.05) is 0 Å². The fourth-order valence-electron chi connectivity index (χ4n) is 1.55. The lowest BCUT2D eigenvalue weighted by Gasteiger charge is -2.24. The molecule has 0 saturated carbocycles. The summed E-state index contributed by atoms with van der Waals surface area (Å²) in [5.41, 5.74) is -4.89. The van der Waals surface area contributed by atoms with Crippen molar-refractivity contribution in [2.75, 3.05) is 5.32 Å². The molecule has 0 radical (unpaired) electrons. The van der Waals surface area contributed by atoms with Gasteiger partial charge in [-0.2, -0.15) is 0 Å². The summed E-state index contributed by atoms with van der Waals surface area (Å²) in [4.78, 5) is 21.7. The summed E-state index contributed by atoms with van der Waals surface area (Å²) in [5.74, 6) is -9.44. The number of benzene rings is 1. The van der Waals surface area contributed by atoms with Gasteiger partial charge in [-0.3, -0.25) is 0 Å². The monoisotopic (exact) mass is 291 g/mol. The Hall–Kier alpha value is -2.25. The van der Waals surface area contributed by atoms with Crippen LogP contribution < -0.4 is 5.32 Å². The van der Waals surface area contributed by atoms with Gasteiger partial charge in [0.1, 0.15) is 16.8 Å². The van der Waals surface area contributed by atoms with E-state index in [0.717, 1.165) is 0 Å². The first-order chi connectivity index (χ1) is 8.97. The zero-order valence-electron chi connectivity index (χ0n) is 10.8. The number of aromatic carboxylic acids is 2. The van der Waals surface area contributed by atoms with Crippen LogP contribution in [0.1, 0.15) is 41.5 Å². The molecule has 1 aromatic carbocycles. The molecule has 1 aromatic rings. The lowest BCUT2D eigenvalue weighted by Crippen LogP contribution is -2.29. The van der Waals surface area contributed by atoms with Gasteiger partial charge in [-0.05, 0) is 20.8 Å². The van der Waals surface area contributed by atoms with Crippen LogP contribution in [0, 0.1) is 17.5 Å². The van der Waals surface area contributed by atoms with Crippen molar-refractivity contribution in [1.29, 1.82) is 0 Å². The van der Waals surface area contributed by atoms with E-state index in [4.69, 9.17) is 10.2 Å². The Balaban J connectivity index is 3.75. The van der Waals surface area contributed by atoms with Gasteiger partial charge >= 0.3 is 11.9 Å². The van der Waals surface area contributed by atoms with E-state index in [9.17, 15) is 22.8 Å². The normalized spacial score (nSPS) is 11.3. The Morgan fingerprint density at radius 3 is 1.65 bits per heavy atom. The molecule has 0 aliphatic rings. The molecule has 3 N–H and O–H groups in total. The Bertz CT molecular complexity index is 594. The highest BCUT2D eigenvalue weighted by molar-refractivity contribution is 6.03. The predicted octanol–water partition coefficient (Wildman–Crippen LogP) is 2.71. The summed E-state index contributed by atoms with van der Waals surface area (Å²) in [6, 6.07) is 0. The van der Waals surface area contributed by atoms with Crippen LogP contribution in [0.2, 0.25) is 0 Å². The second kappa shape index (κ2) is 5.03. The maximum atomic E-state index is 14.0. The first-order valence-electron chi connectivity index (χ1n) is 5.42. The molecule has 0 atom stereocenters. The van der Waals surface area contributed by atoms with Gasteiger partial charge in [-0.15, -0.1) is 0 Å². The predicted molar refractivity (Wildman–Crippen MR) is 63.6 cm³/mol. The number of hydrogen-bond donors (Lipinski definition) is 3. The van der Waals surface area contributed by atoms with Crippen molar-refractivity contribution in [2.45, 2.75) is 26.3 Å². The number of rotatable bonds is 3.